The highest BCUT2D eigenvalue weighted by Gasteiger charge is 2.20. The third-order valence-corrected chi connectivity index (χ3v) is 2.27. The summed E-state index contributed by atoms with van der Waals surface area (Å²) < 4.78 is 0. The fraction of sp³-hybridized carbons (Fsp3) is 0.750. The van der Waals surface area contributed by atoms with Crippen LogP contribution in [0.4, 0.5) is 4.79 Å². The van der Waals surface area contributed by atoms with E-state index < -0.39 is 24.0 Å². The number of rotatable bonds is 7. The van der Waals surface area contributed by atoms with E-state index in [1.807, 2.05) is 20.8 Å². The molecule has 0 radical (unpaired) electrons. The Hall–Kier alpha value is -1.79. The van der Waals surface area contributed by atoms with Crippen LogP contribution in [-0.4, -0.2) is 40.8 Å². The molecule has 0 rings (SSSR count). The zero-order chi connectivity index (χ0) is 15.1. The molecule has 19 heavy (non-hydrogen) atoms. The van der Waals surface area contributed by atoms with Gasteiger partial charge in [0.1, 0.15) is 6.04 Å². The zero-order valence-electron chi connectivity index (χ0n) is 11.5. The first-order valence-electron chi connectivity index (χ1n) is 6.11. The maximum absolute atomic E-state index is 11.5. The number of carbonyl (C=O) groups is 3. The Balaban J connectivity index is 4.16. The van der Waals surface area contributed by atoms with Crippen LogP contribution in [0.25, 0.3) is 0 Å². The summed E-state index contributed by atoms with van der Waals surface area (Å²) in [5.41, 5.74) is -0.0978. The van der Waals surface area contributed by atoms with Crippen molar-refractivity contribution in [3.8, 4) is 0 Å². The van der Waals surface area contributed by atoms with Crippen molar-refractivity contribution < 1.29 is 24.6 Å². The van der Waals surface area contributed by atoms with Gasteiger partial charge in [0, 0.05) is 13.0 Å². The molecule has 0 aliphatic rings. The van der Waals surface area contributed by atoms with Crippen molar-refractivity contribution in [2.24, 2.45) is 5.41 Å². The smallest absolute Gasteiger partial charge is 0.326 e. The van der Waals surface area contributed by atoms with Crippen LogP contribution in [0.5, 0.6) is 0 Å². The molecule has 0 aliphatic heterocycles. The standard InChI is InChI=1S/C12H22N2O5/c1-12(2,3)7-13-11(19)14-8(10(17)18)5-4-6-9(15)16/h8H,4-7H2,1-3H3,(H,15,16)(H,17,18)(H2,13,14,19)/t8-/m1/s1. The van der Waals surface area contributed by atoms with Gasteiger partial charge in [0.05, 0.1) is 0 Å². The van der Waals surface area contributed by atoms with Crippen molar-refractivity contribution in [3.63, 3.8) is 0 Å². The van der Waals surface area contributed by atoms with Crippen molar-refractivity contribution in [2.75, 3.05) is 6.54 Å². The van der Waals surface area contributed by atoms with Crippen LogP contribution in [0.15, 0.2) is 0 Å². The Morgan fingerprint density at radius 1 is 1.16 bits per heavy atom. The van der Waals surface area contributed by atoms with Crippen LogP contribution in [0, 0.1) is 5.41 Å². The molecule has 2 amide bonds. The molecule has 0 unspecified atom stereocenters. The Labute approximate surface area is 112 Å². The summed E-state index contributed by atoms with van der Waals surface area (Å²) in [5.74, 6) is -2.15. The molecule has 110 valence electrons. The van der Waals surface area contributed by atoms with Crippen molar-refractivity contribution in [3.05, 3.63) is 0 Å². The van der Waals surface area contributed by atoms with Crippen LogP contribution >= 0.6 is 0 Å². The molecule has 7 nitrogen and oxygen atoms in total. The van der Waals surface area contributed by atoms with Crippen molar-refractivity contribution in [1.29, 1.82) is 0 Å². The van der Waals surface area contributed by atoms with Crippen LogP contribution in [0.2, 0.25) is 0 Å². The summed E-state index contributed by atoms with van der Waals surface area (Å²) in [6, 6.07) is -1.63. The highest BCUT2D eigenvalue weighted by atomic mass is 16.4. The molecular formula is C12H22N2O5. The SMILES string of the molecule is CC(C)(C)CNC(=O)N[C@H](CCCC(=O)O)C(=O)O. The van der Waals surface area contributed by atoms with Crippen LogP contribution < -0.4 is 10.6 Å². The predicted octanol–water partition coefficient (Wildman–Crippen LogP) is 1.04. The van der Waals surface area contributed by atoms with E-state index in [0.29, 0.717) is 6.54 Å². The maximum Gasteiger partial charge on any atom is 0.326 e. The number of hydrogen-bond donors (Lipinski definition) is 4. The largest absolute Gasteiger partial charge is 0.481 e. The third-order valence-electron chi connectivity index (χ3n) is 2.27. The number of hydrogen-bond acceptors (Lipinski definition) is 3. The summed E-state index contributed by atoms with van der Waals surface area (Å²) in [7, 11) is 0. The van der Waals surface area contributed by atoms with E-state index in [-0.39, 0.29) is 24.7 Å². The van der Waals surface area contributed by atoms with E-state index in [0.717, 1.165) is 0 Å². The fourth-order valence-corrected chi connectivity index (χ4v) is 1.27. The van der Waals surface area contributed by atoms with Crippen molar-refractivity contribution in [2.45, 2.75) is 46.1 Å². The lowest BCUT2D eigenvalue weighted by Crippen LogP contribution is -2.47. The van der Waals surface area contributed by atoms with E-state index >= 15 is 0 Å². The van der Waals surface area contributed by atoms with Gasteiger partial charge >= 0.3 is 18.0 Å². The first kappa shape index (κ1) is 17.2. The molecule has 4 N–H and O–H groups in total. The van der Waals surface area contributed by atoms with Gasteiger partial charge in [0.2, 0.25) is 0 Å². The number of amides is 2. The van der Waals surface area contributed by atoms with E-state index in [1.165, 1.54) is 0 Å². The molecular weight excluding hydrogens is 252 g/mol. The van der Waals surface area contributed by atoms with E-state index in [1.54, 1.807) is 0 Å². The summed E-state index contributed by atoms with van der Waals surface area (Å²) in [6.07, 6.45) is 0.172. The number of carboxylic acid groups (broad SMARTS) is 2. The van der Waals surface area contributed by atoms with Crippen molar-refractivity contribution >= 4 is 18.0 Å². The molecule has 0 spiro atoms. The van der Waals surface area contributed by atoms with Crippen molar-refractivity contribution in [1.82, 2.24) is 10.6 Å². The van der Waals surface area contributed by atoms with Gasteiger partial charge in [-0.2, -0.15) is 0 Å². The number of carboxylic acids is 2. The zero-order valence-corrected chi connectivity index (χ0v) is 11.5. The molecule has 7 heteroatoms. The number of aliphatic carboxylic acids is 2. The highest BCUT2D eigenvalue weighted by Crippen LogP contribution is 2.10. The minimum Gasteiger partial charge on any atom is -0.481 e. The molecule has 0 aromatic heterocycles. The first-order valence-corrected chi connectivity index (χ1v) is 6.11. The second kappa shape index (κ2) is 7.60. The summed E-state index contributed by atoms with van der Waals surface area (Å²) in [6.45, 7) is 6.23. The Bertz CT molecular complexity index is 336. The number of urea groups is 1. The quantitative estimate of drug-likeness (QED) is 0.553. The second-order valence-electron chi connectivity index (χ2n) is 5.56. The van der Waals surface area contributed by atoms with Crippen LogP contribution in [-0.2, 0) is 9.59 Å². The monoisotopic (exact) mass is 274 g/mol. The molecule has 1 atom stereocenters. The van der Waals surface area contributed by atoms with Gasteiger partial charge in [-0.05, 0) is 18.3 Å². The summed E-state index contributed by atoms with van der Waals surface area (Å²) in [5, 5.41) is 22.3. The molecule has 0 aliphatic carbocycles. The maximum atomic E-state index is 11.5. The van der Waals surface area contributed by atoms with Gasteiger partial charge in [-0.15, -0.1) is 0 Å². The van der Waals surface area contributed by atoms with E-state index in [4.69, 9.17) is 10.2 Å². The molecule has 0 heterocycles. The van der Waals surface area contributed by atoms with Gasteiger partial charge in [-0.3, -0.25) is 4.79 Å². The minimum absolute atomic E-state index is 0.0879. The molecule has 0 saturated carbocycles. The van der Waals surface area contributed by atoms with Gasteiger partial charge in [-0.25, -0.2) is 9.59 Å². The van der Waals surface area contributed by atoms with Gasteiger partial charge in [0.15, 0.2) is 0 Å². The molecule has 0 bridgehead atoms. The third kappa shape index (κ3) is 9.87. The second-order valence-corrected chi connectivity index (χ2v) is 5.56. The normalized spacial score (nSPS) is 12.6. The highest BCUT2D eigenvalue weighted by molar-refractivity contribution is 5.82. The number of carbonyl (C=O) groups excluding carboxylic acids is 1. The molecule has 0 aromatic carbocycles. The Kier molecular flexibility index (Phi) is 6.89. The average Bonchev–Trinajstić information content (AvgIpc) is 2.23. The molecule has 0 aromatic rings. The summed E-state index contributed by atoms with van der Waals surface area (Å²) in [4.78, 5) is 32.8. The summed E-state index contributed by atoms with van der Waals surface area (Å²) >= 11 is 0. The van der Waals surface area contributed by atoms with Gasteiger partial charge in [0.25, 0.3) is 0 Å². The van der Waals surface area contributed by atoms with Crippen LogP contribution in [0.3, 0.4) is 0 Å². The Morgan fingerprint density at radius 3 is 2.16 bits per heavy atom. The lowest BCUT2D eigenvalue weighted by atomic mass is 9.97. The van der Waals surface area contributed by atoms with E-state index in [9.17, 15) is 14.4 Å². The fourth-order valence-electron chi connectivity index (χ4n) is 1.27. The molecule has 0 fully saturated rings. The minimum atomic E-state index is -1.17. The predicted molar refractivity (Wildman–Crippen MR) is 68.9 cm³/mol. The van der Waals surface area contributed by atoms with Crippen LogP contribution in [0.1, 0.15) is 40.0 Å². The Morgan fingerprint density at radius 2 is 1.74 bits per heavy atom. The molecule has 0 saturated heterocycles. The van der Waals surface area contributed by atoms with E-state index in [2.05, 4.69) is 10.6 Å². The lowest BCUT2D eigenvalue weighted by Gasteiger charge is -2.20. The lowest BCUT2D eigenvalue weighted by molar-refractivity contribution is -0.140. The van der Waals surface area contributed by atoms with Gasteiger partial charge in [-0.1, -0.05) is 20.8 Å². The first-order chi connectivity index (χ1) is 8.61. The number of nitrogens with one attached hydrogen (secondary N) is 2. The average molecular weight is 274 g/mol. The van der Waals surface area contributed by atoms with Gasteiger partial charge < -0.3 is 20.8 Å². The topological polar surface area (TPSA) is 116 Å².